The molecule has 1 aromatic carbocycles. The maximum Gasteiger partial charge on any atom is 0.288 e. The van der Waals surface area contributed by atoms with E-state index in [0.717, 1.165) is 5.56 Å². The number of pyridine rings is 1. The summed E-state index contributed by atoms with van der Waals surface area (Å²) in [6.45, 7) is 1.87. The molecule has 1 heterocycles. The van der Waals surface area contributed by atoms with Crippen LogP contribution < -0.4 is 5.32 Å². The lowest BCUT2D eigenvalue weighted by Gasteiger charge is -2.14. The molecule has 0 aliphatic heterocycles. The maximum absolute atomic E-state index is 12.2. The van der Waals surface area contributed by atoms with E-state index in [2.05, 4.69) is 10.3 Å². The second-order valence-corrected chi connectivity index (χ2v) is 5.44. The van der Waals surface area contributed by atoms with Crippen LogP contribution in [0.15, 0.2) is 53.7 Å². The first-order valence-corrected chi connectivity index (χ1v) is 7.20. The van der Waals surface area contributed by atoms with Crippen LogP contribution in [0, 0.1) is 0 Å². The molecule has 1 amide bonds. The molecule has 2 aromatic rings. The highest BCUT2D eigenvalue weighted by Gasteiger charge is 2.12. The smallest absolute Gasteiger partial charge is 0.288 e. The topological polar surface area (TPSA) is 42.0 Å². The summed E-state index contributed by atoms with van der Waals surface area (Å²) < 4.78 is 24.4. The van der Waals surface area contributed by atoms with Gasteiger partial charge in [0, 0.05) is 22.9 Å². The molecule has 6 heteroatoms. The minimum atomic E-state index is -2.46. The van der Waals surface area contributed by atoms with Gasteiger partial charge in [0.2, 0.25) is 0 Å². The minimum absolute atomic E-state index is 0.157. The monoisotopic (exact) mass is 308 g/mol. The van der Waals surface area contributed by atoms with Gasteiger partial charge in [-0.3, -0.25) is 9.78 Å². The molecular weight excluding hydrogens is 294 g/mol. The van der Waals surface area contributed by atoms with E-state index >= 15 is 0 Å². The standard InChI is InChI=1S/C15H14F2N2OS/c1-10(11-6-8-18-9-7-11)19-14(20)12-2-4-13(5-3-12)21-15(16)17/h2-10,15H,1H3,(H,19,20). The van der Waals surface area contributed by atoms with Crippen LogP contribution in [0.3, 0.4) is 0 Å². The first kappa shape index (κ1) is 15.4. The number of amides is 1. The Morgan fingerprint density at radius 1 is 1.14 bits per heavy atom. The molecule has 0 fully saturated rings. The predicted octanol–water partition coefficient (Wildman–Crippen LogP) is 3.89. The number of carbonyl (C=O) groups excluding carboxylic acids is 1. The van der Waals surface area contributed by atoms with Crippen LogP contribution in [-0.2, 0) is 0 Å². The van der Waals surface area contributed by atoms with E-state index < -0.39 is 5.76 Å². The molecule has 0 radical (unpaired) electrons. The van der Waals surface area contributed by atoms with Crippen LogP contribution >= 0.6 is 11.8 Å². The number of hydrogen-bond donors (Lipinski definition) is 1. The van der Waals surface area contributed by atoms with E-state index in [9.17, 15) is 13.6 Å². The second-order valence-electron chi connectivity index (χ2n) is 4.38. The van der Waals surface area contributed by atoms with Gasteiger partial charge in [-0.15, -0.1) is 0 Å². The third-order valence-corrected chi connectivity index (χ3v) is 3.62. The molecule has 0 bridgehead atoms. The molecule has 1 aromatic heterocycles. The summed E-state index contributed by atoms with van der Waals surface area (Å²) in [6, 6.07) is 9.61. The fraction of sp³-hybridized carbons (Fsp3) is 0.200. The zero-order valence-corrected chi connectivity index (χ0v) is 12.1. The Balaban J connectivity index is 2.00. The van der Waals surface area contributed by atoms with Crippen LogP contribution in [0.4, 0.5) is 8.78 Å². The van der Waals surface area contributed by atoms with Crippen LogP contribution in [-0.4, -0.2) is 16.6 Å². The molecule has 0 saturated carbocycles. The predicted molar refractivity (Wildman–Crippen MR) is 78.4 cm³/mol. The van der Waals surface area contributed by atoms with Crippen molar-refractivity contribution in [2.75, 3.05) is 0 Å². The number of carbonyl (C=O) groups is 1. The molecule has 1 atom stereocenters. The summed E-state index contributed by atoms with van der Waals surface area (Å²) >= 11 is 0.458. The number of halogens is 2. The van der Waals surface area contributed by atoms with E-state index in [1.165, 1.54) is 12.1 Å². The van der Waals surface area contributed by atoms with Crippen molar-refractivity contribution < 1.29 is 13.6 Å². The summed E-state index contributed by atoms with van der Waals surface area (Å²) in [5.74, 6) is -2.70. The van der Waals surface area contributed by atoms with Gasteiger partial charge in [0.15, 0.2) is 0 Å². The maximum atomic E-state index is 12.2. The molecule has 0 aliphatic carbocycles. The number of benzene rings is 1. The van der Waals surface area contributed by atoms with Gasteiger partial charge in [0.05, 0.1) is 6.04 Å². The first-order chi connectivity index (χ1) is 10.1. The zero-order chi connectivity index (χ0) is 15.2. The largest absolute Gasteiger partial charge is 0.346 e. The number of thioether (sulfide) groups is 1. The molecule has 21 heavy (non-hydrogen) atoms. The normalized spacial score (nSPS) is 12.2. The summed E-state index contributed by atoms with van der Waals surface area (Å²) in [6.07, 6.45) is 3.32. The summed E-state index contributed by atoms with van der Waals surface area (Å²) in [7, 11) is 0. The third-order valence-electron chi connectivity index (χ3n) is 2.90. The van der Waals surface area contributed by atoms with Gasteiger partial charge in [-0.2, -0.15) is 8.78 Å². The van der Waals surface area contributed by atoms with Crippen LogP contribution in [0.2, 0.25) is 0 Å². The number of aromatic nitrogens is 1. The molecule has 110 valence electrons. The highest BCUT2D eigenvalue weighted by Crippen LogP contribution is 2.25. The quantitative estimate of drug-likeness (QED) is 0.852. The summed E-state index contributed by atoms with van der Waals surface area (Å²) in [5, 5.41) is 2.85. The van der Waals surface area contributed by atoms with Crippen LogP contribution in [0.25, 0.3) is 0 Å². The fourth-order valence-corrected chi connectivity index (χ4v) is 2.30. The fourth-order valence-electron chi connectivity index (χ4n) is 1.80. The SMILES string of the molecule is CC(NC(=O)c1ccc(SC(F)F)cc1)c1ccncc1. The number of hydrogen-bond acceptors (Lipinski definition) is 3. The highest BCUT2D eigenvalue weighted by molar-refractivity contribution is 7.99. The van der Waals surface area contributed by atoms with Crippen LogP contribution in [0.5, 0.6) is 0 Å². The van der Waals surface area contributed by atoms with Crippen molar-refractivity contribution in [1.29, 1.82) is 0 Å². The second kappa shape index (κ2) is 7.17. The van der Waals surface area contributed by atoms with Crippen molar-refractivity contribution in [3.05, 3.63) is 59.9 Å². The van der Waals surface area contributed by atoms with Gasteiger partial charge in [-0.25, -0.2) is 0 Å². The zero-order valence-electron chi connectivity index (χ0n) is 11.3. The van der Waals surface area contributed by atoms with Gasteiger partial charge in [0.1, 0.15) is 0 Å². The van der Waals surface area contributed by atoms with Crippen molar-refractivity contribution in [3.8, 4) is 0 Å². The lowest BCUT2D eigenvalue weighted by molar-refractivity contribution is 0.0940. The Bertz CT molecular complexity index is 590. The van der Waals surface area contributed by atoms with E-state index in [4.69, 9.17) is 0 Å². The molecule has 0 spiro atoms. The Labute approximate surface area is 125 Å². The number of rotatable bonds is 5. The van der Waals surface area contributed by atoms with Gasteiger partial charge in [-0.05, 0) is 48.9 Å². The molecule has 0 aliphatic rings. The molecular formula is C15H14F2N2OS. The van der Waals surface area contributed by atoms with Crippen molar-refractivity contribution in [2.45, 2.75) is 23.6 Å². The van der Waals surface area contributed by atoms with E-state index in [1.807, 2.05) is 19.1 Å². The summed E-state index contributed by atoms with van der Waals surface area (Å²) in [5.41, 5.74) is 1.39. The lowest BCUT2D eigenvalue weighted by atomic mass is 10.1. The van der Waals surface area contributed by atoms with Crippen LogP contribution in [0.1, 0.15) is 28.9 Å². The average molecular weight is 308 g/mol. The minimum Gasteiger partial charge on any atom is -0.346 e. The Morgan fingerprint density at radius 3 is 2.33 bits per heavy atom. The summed E-state index contributed by atoms with van der Waals surface area (Å²) in [4.78, 5) is 16.4. The third kappa shape index (κ3) is 4.53. The first-order valence-electron chi connectivity index (χ1n) is 6.32. The molecule has 1 N–H and O–H groups in total. The van der Waals surface area contributed by atoms with Crippen molar-refractivity contribution in [3.63, 3.8) is 0 Å². The Kier molecular flexibility index (Phi) is 5.27. The number of alkyl halides is 2. The number of nitrogens with zero attached hydrogens (tertiary/aromatic N) is 1. The average Bonchev–Trinajstić information content (AvgIpc) is 2.48. The van der Waals surface area contributed by atoms with E-state index in [1.54, 1.807) is 24.5 Å². The molecule has 0 saturated heterocycles. The van der Waals surface area contributed by atoms with Gasteiger partial charge < -0.3 is 5.32 Å². The van der Waals surface area contributed by atoms with Gasteiger partial charge in [-0.1, -0.05) is 11.8 Å². The van der Waals surface area contributed by atoms with Gasteiger partial charge >= 0.3 is 0 Å². The molecule has 1 unspecified atom stereocenters. The van der Waals surface area contributed by atoms with E-state index in [0.29, 0.717) is 22.2 Å². The Hall–Kier alpha value is -1.95. The van der Waals surface area contributed by atoms with Gasteiger partial charge in [0.25, 0.3) is 11.7 Å². The highest BCUT2D eigenvalue weighted by atomic mass is 32.2. The van der Waals surface area contributed by atoms with Crippen molar-refractivity contribution in [2.24, 2.45) is 0 Å². The van der Waals surface area contributed by atoms with E-state index in [-0.39, 0.29) is 11.9 Å². The lowest BCUT2D eigenvalue weighted by Crippen LogP contribution is -2.26. The molecule has 2 rings (SSSR count). The molecule has 3 nitrogen and oxygen atoms in total. The van der Waals surface area contributed by atoms with Crippen molar-refractivity contribution in [1.82, 2.24) is 10.3 Å². The van der Waals surface area contributed by atoms with Crippen molar-refractivity contribution >= 4 is 17.7 Å². The number of nitrogens with one attached hydrogen (secondary N) is 1. The Morgan fingerprint density at radius 2 is 1.76 bits per heavy atom.